The van der Waals surface area contributed by atoms with Gasteiger partial charge in [-0.3, -0.25) is 0 Å². The van der Waals surface area contributed by atoms with Gasteiger partial charge in [0, 0.05) is 18.9 Å². The number of hydrogen-bond donors (Lipinski definition) is 0. The monoisotopic (exact) mass is 575 g/mol. The normalized spacial score (nSPS) is 18.1. The van der Waals surface area contributed by atoms with E-state index in [0.717, 1.165) is 13.8 Å². The molecule has 2 rings (SSSR count). The summed E-state index contributed by atoms with van der Waals surface area (Å²) in [6.07, 6.45) is -11.7. The second kappa shape index (κ2) is 9.42. The van der Waals surface area contributed by atoms with Gasteiger partial charge in [-0.2, -0.15) is 13.2 Å². The largest absolute Gasteiger partial charge is 0.511 e. The average molecular weight is 575 g/mol. The lowest BCUT2D eigenvalue weighted by atomic mass is 9.99. The van der Waals surface area contributed by atoms with Crippen molar-refractivity contribution in [2.75, 3.05) is 13.2 Å². The first-order valence-corrected chi connectivity index (χ1v) is 11.7. The van der Waals surface area contributed by atoms with Crippen LogP contribution in [0.3, 0.4) is 0 Å². The number of halogens is 8. The predicted molar refractivity (Wildman–Crippen MR) is 107 cm³/mol. The Labute approximate surface area is 201 Å². The van der Waals surface area contributed by atoms with Crippen molar-refractivity contribution in [3.63, 3.8) is 0 Å². The molecule has 37 heavy (non-hydrogen) atoms. The molecular formula is C18H17F8NO9S. The van der Waals surface area contributed by atoms with Crippen LogP contribution in [0.2, 0.25) is 0 Å². The van der Waals surface area contributed by atoms with E-state index in [2.05, 4.69) is 23.8 Å². The number of aryl methyl sites for hydroxylation is 1. The van der Waals surface area contributed by atoms with E-state index in [4.69, 9.17) is 0 Å². The molecule has 1 aromatic carbocycles. The van der Waals surface area contributed by atoms with Gasteiger partial charge in [-0.05, 0) is 30.7 Å². The Balaban J connectivity index is 2.23. The summed E-state index contributed by atoms with van der Waals surface area (Å²) < 4.78 is 125. The van der Waals surface area contributed by atoms with Gasteiger partial charge in [-0.15, -0.1) is 10.1 Å². The molecule has 0 N–H and O–H groups in total. The van der Waals surface area contributed by atoms with E-state index in [1.165, 1.54) is 0 Å². The standard InChI is InChI=1S/C18H17F8NO9S/c1-9-6-12(37(22,23,24,25)26)7-11-8-13(15(18(19,20)21)36-14(9)11)16(28)34-10(2)35-17(29)32-4-3-5-33-27(30)31/h6-8,10,15H,3-5H2,1-2H3. The van der Waals surface area contributed by atoms with Crippen molar-refractivity contribution in [2.24, 2.45) is 0 Å². The van der Waals surface area contributed by atoms with Crippen LogP contribution >= 0.6 is 10.2 Å². The molecule has 0 fully saturated rings. The number of carbonyl (C=O) groups excluding carboxylic acids is 2. The van der Waals surface area contributed by atoms with E-state index < -0.39 is 86.6 Å². The molecule has 0 amide bonds. The maximum atomic E-state index is 13.5. The van der Waals surface area contributed by atoms with Crippen LogP contribution in [0.5, 0.6) is 5.75 Å². The van der Waals surface area contributed by atoms with Crippen molar-refractivity contribution < 1.29 is 71.1 Å². The third-order valence-corrected chi connectivity index (χ3v) is 5.45. The summed E-state index contributed by atoms with van der Waals surface area (Å²) in [5, 5.41) is 8.87. The number of hydrogen-bond acceptors (Lipinski definition) is 9. The van der Waals surface area contributed by atoms with E-state index in [-0.39, 0.29) is 24.6 Å². The molecule has 0 spiro atoms. The number of benzene rings is 1. The highest BCUT2D eigenvalue weighted by molar-refractivity contribution is 8.45. The van der Waals surface area contributed by atoms with Gasteiger partial charge in [0.1, 0.15) is 10.6 Å². The molecular weight excluding hydrogens is 558 g/mol. The molecule has 1 aliphatic heterocycles. The first-order chi connectivity index (χ1) is 16.6. The van der Waals surface area contributed by atoms with Crippen LogP contribution in [0.4, 0.5) is 37.4 Å². The number of rotatable bonds is 9. The number of esters is 1. The van der Waals surface area contributed by atoms with Crippen molar-refractivity contribution in [3.05, 3.63) is 38.9 Å². The van der Waals surface area contributed by atoms with E-state index in [9.17, 15) is 52.3 Å². The molecule has 0 bridgehead atoms. The number of nitrogens with zero attached hydrogens (tertiary/aromatic N) is 1. The summed E-state index contributed by atoms with van der Waals surface area (Å²) in [6.45, 7) is 0.781. The van der Waals surface area contributed by atoms with Crippen molar-refractivity contribution in [1.82, 2.24) is 0 Å². The van der Waals surface area contributed by atoms with Gasteiger partial charge in [0.15, 0.2) is 0 Å². The van der Waals surface area contributed by atoms with Crippen molar-refractivity contribution in [1.29, 1.82) is 0 Å². The summed E-state index contributed by atoms with van der Waals surface area (Å²) in [7, 11) is -10.3. The van der Waals surface area contributed by atoms with Crippen LogP contribution in [0.15, 0.2) is 22.6 Å². The van der Waals surface area contributed by atoms with E-state index in [1.54, 1.807) is 0 Å². The summed E-state index contributed by atoms with van der Waals surface area (Å²) >= 11 is 0. The Kier molecular flexibility index (Phi) is 7.56. The Morgan fingerprint density at radius 1 is 1.14 bits per heavy atom. The molecule has 19 heteroatoms. The molecule has 1 aliphatic rings. The second-order valence-corrected chi connectivity index (χ2v) is 9.78. The fraction of sp³-hybridized carbons (Fsp3) is 0.444. The van der Waals surface area contributed by atoms with Crippen LogP contribution in [0.25, 0.3) is 6.08 Å². The van der Waals surface area contributed by atoms with Gasteiger partial charge < -0.3 is 23.8 Å². The minimum Gasteiger partial charge on any atom is -0.475 e. The van der Waals surface area contributed by atoms with Crippen LogP contribution in [0, 0.1) is 17.0 Å². The topological polar surface area (TPSA) is 123 Å². The van der Waals surface area contributed by atoms with Crippen LogP contribution in [-0.4, -0.2) is 49.0 Å². The summed E-state index contributed by atoms with van der Waals surface area (Å²) in [5.74, 6) is -2.68. The zero-order valence-corrected chi connectivity index (χ0v) is 19.4. The number of alkyl halides is 3. The van der Waals surface area contributed by atoms with Crippen molar-refractivity contribution in [2.45, 2.75) is 43.7 Å². The predicted octanol–water partition coefficient (Wildman–Crippen LogP) is 6.00. The number of ether oxygens (including phenoxy) is 4. The molecule has 1 aromatic rings. The Bertz CT molecular complexity index is 1120. The van der Waals surface area contributed by atoms with Gasteiger partial charge in [-0.1, -0.05) is 19.4 Å². The Hall–Kier alpha value is -3.51. The molecule has 0 saturated carbocycles. The van der Waals surface area contributed by atoms with Crippen LogP contribution < -0.4 is 4.74 Å². The summed E-state index contributed by atoms with van der Waals surface area (Å²) in [5.41, 5.74) is -3.03. The van der Waals surface area contributed by atoms with Gasteiger partial charge in [0.25, 0.3) is 5.09 Å². The van der Waals surface area contributed by atoms with E-state index in [1.807, 2.05) is 0 Å². The lowest BCUT2D eigenvalue weighted by Gasteiger charge is -2.41. The fourth-order valence-electron chi connectivity index (χ4n) is 2.86. The van der Waals surface area contributed by atoms with Gasteiger partial charge >= 0.3 is 28.5 Å². The Morgan fingerprint density at radius 2 is 1.76 bits per heavy atom. The first kappa shape index (κ1) is 29.7. The SMILES string of the molecule is Cc1cc(S(F)(F)(F)(F)F)cc2c1OC(C(F)(F)F)C(C(=O)OC(C)OC(=O)OCCCO[N+](=O)[O-])=C2. The van der Waals surface area contributed by atoms with E-state index in [0.29, 0.717) is 0 Å². The summed E-state index contributed by atoms with van der Waals surface area (Å²) in [4.78, 5) is 35.4. The quantitative estimate of drug-likeness (QED) is 0.0871. The number of fused-ring (bicyclic) bond motifs is 1. The molecule has 0 saturated heterocycles. The summed E-state index contributed by atoms with van der Waals surface area (Å²) in [6, 6.07) is -0.236. The highest BCUT2D eigenvalue weighted by Crippen LogP contribution is 3.02. The maximum absolute atomic E-state index is 13.5. The molecule has 0 aromatic heterocycles. The lowest BCUT2D eigenvalue weighted by Crippen LogP contribution is -2.41. The zero-order chi connectivity index (χ0) is 28.5. The molecule has 210 valence electrons. The van der Waals surface area contributed by atoms with E-state index >= 15 is 0 Å². The molecule has 2 atom stereocenters. The van der Waals surface area contributed by atoms with Crippen LogP contribution in [-0.2, 0) is 23.8 Å². The van der Waals surface area contributed by atoms with Crippen LogP contribution in [0.1, 0.15) is 24.5 Å². The third-order valence-electron chi connectivity index (χ3n) is 4.32. The highest BCUT2D eigenvalue weighted by Gasteiger charge is 2.65. The average Bonchev–Trinajstić information content (AvgIpc) is 2.69. The highest BCUT2D eigenvalue weighted by atomic mass is 32.5. The minimum atomic E-state index is -10.3. The Morgan fingerprint density at radius 3 is 2.30 bits per heavy atom. The first-order valence-electron chi connectivity index (χ1n) is 9.74. The van der Waals surface area contributed by atoms with Gasteiger partial charge in [-0.25, -0.2) is 9.59 Å². The smallest absolute Gasteiger partial charge is 0.475 e. The fourth-order valence-corrected chi connectivity index (χ4v) is 3.61. The maximum Gasteiger partial charge on any atom is 0.511 e. The lowest BCUT2D eigenvalue weighted by molar-refractivity contribution is -0.757. The van der Waals surface area contributed by atoms with Crippen molar-refractivity contribution in [3.8, 4) is 5.75 Å². The zero-order valence-electron chi connectivity index (χ0n) is 18.6. The molecule has 0 radical (unpaired) electrons. The second-order valence-electron chi connectivity index (χ2n) is 7.37. The number of carbonyl (C=O) groups is 2. The molecule has 2 unspecified atom stereocenters. The third kappa shape index (κ3) is 8.25. The van der Waals surface area contributed by atoms with Gasteiger partial charge in [0.2, 0.25) is 12.4 Å². The molecule has 1 heterocycles. The minimum absolute atomic E-state index is 0.0734. The van der Waals surface area contributed by atoms with Gasteiger partial charge in [0.05, 0.1) is 18.8 Å². The van der Waals surface area contributed by atoms with Crippen molar-refractivity contribution >= 4 is 28.4 Å². The molecule has 0 aliphatic carbocycles. The molecule has 10 nitrogen and oxygen atoms in total.